The van der Waals surface area contributed by atoms with Crippen molar-refractivity contribution in [3.8, 4) is 0 Å². The average molecular weight is 462 g/mol. The number of carbonyl (C=O) groups excluding carboxylic acids is 2. The summed E-state index contributed by atoms with van der Waals surface area (Å²) >= 11 is 0. The van der Waals surface area contributed by atoms with Crippen molar-refractivity contribution in [3.63, 3.8) is 0 Å². The standard InChI is InChI=1S/C19H25F3N4O4S/c20-19(21,22)15-1-3-16(4-2-15)31(29,30)24-11-13-5-8-25(9-6-13)18(28)26-10-7-14(12-26)17(23)27/h1-4,13-14,24H,5-12H2,(H2,23,27)/t14-/m0/s1. The first-order valence-electron chi connectivity index (χ1n) is 9.97. The predicted molar refractivity (Wildman–Crippen MR) is 105 cm³/mol. The van der Waals surface area contributed by atoms with Gasteiger partial charge >= 0.3 is 12.2 Å². The number of nitrogens with one attached hydrogen (secondary N) is 1. The predicted octanol–water partition coefficient (Wildman–Crippen LogP) is 1.62. The molecule has 0 unspecified atom stereocenters. The Bertz CT molecular complexity index is 913. The molecule has 2 fully saturated rings. The van der Waals surface area contributed by atoms with Crippen LogP contribution in [0.2, 0.25) is 0 Å². The van der Waals surface area contributed by atoms with E-state index in [4.69, 9.17) is 5.73 Å². The van der Waals surface area contributed by atoms with Crippen molar-refractivity contribution in [2.75, 3.05) is 32.7 Å². The highest BCUT2D eigenvalue weighted by Crippen LogP contribution is 2.29. The van der Waals surface area contributed by atoms with Crippen molar-refractivity contribution in [2.45, 2.75) is 30.3 Å². The Morgan fingerprint density at radius 3 is 2.13 bits per heavy atom. The van der Waals surface area contributed by atoms with Crippen LogP contribution >= 0.6 is 0 Å². The average Bonchev–Trinajstić information content (AvgIpc) is 3.22. The summed E-state index contributed by atoms with van der Waals surface area (Å²) in [7, 11) is -3.93. The van der Waals surface area contributed by atoms with Gasteiger partial charge in [-0.15, -0.1) is 0 Å². The molecule has 2 saturated heterocycles. The van der Waals surface area contributed by atoms with Crippen LogP contribution in [0.1, 0.15) is 24.8 Å². The zero-order valence-corrected chi connectivity index (χ0v) is 17.6. The minimum atomic E-state index is -4.53. The van der Waals surface area contributed by atoms with Crippen LogP contribution in [0.25, 0.3) is 0 Å². The van der Waals surface area contributed by atoms with Gasteiger partial charge in [0.15, 0.2) is 0 Å². The molecular weight excluding hydrogens is 437 g/mol. The Morgan fingerprint density at radius 2 is 1.61 bits per heavy atom. The monoisotopic (exact) mass is 462 g/mol. The molecule has 2 heterocycles. The van der Waals surface area contributed by atoms with Crippen molar-refractivity contribution in [1.29, 1.82) is 0 Å². The molecule has 3 N–H and O–H groups in total. The van der Waals surface area contributed by atoms with E-state index < -0.39 is 27.7 Å². The number of benzene rings is 1. The molecule has 0 radical (unpaired) electrons. The molecule has 1 aromatic carbocycles. The first-order valence-corrected chi connectivity index (χ1v) is 11.5. The van der Waals surface area contributed by atoms with Crippen molar-refractivity contribution in [1.82, 2.24) is 14.5 Å². The van der Waals surface area contributed by atoms with Crippen molar-refractivity contribution >= 4 is 22.0 Å². The largest absolute Gasteiger partial charge is 0.416 e. The number of primary amides is 1. The molecule has 31 heavy (non-hydrogen) atoms. The second-order valence-corrected chi connectivity index (χ2v) is 9.69. The molecule has 0 saturated carbocycles. The number of nitrogens with zero attached hydrogens (tertiary/aromatic N) is 2. The van der Waals surface area contributed by atoms with E-state index in [1.54, 1.807) is 9.80 Å². The molecule has 0 aromatic heterocycles. The van der Waals surface area contributed by atoms with Crippen LogP contribution in [0.4, 0.5) is 18.0 Å². The molecule has 0 spiro atoms. The Kier molecular flexibility index (Phi) is 6.79. The van der Waals surface area contributed by atoms with Gasteiger partial charge < -0.3 is 15.5 Å². The third-order valence-corrected chi connectivity index (χ3v) is 7.24. The van der Waals surface area contributed by atoms with Crippen LogP contribution in [0.5, 0.6) is 0 Å². The van der Waals surface area contributed by atoms with Crippen LogP contribution in [-0.2, 0) is 21.0 Å². The summed E-state index contributed by atoms with van der Waals surface area (Å²) in [5, 5.41) is 0. The number of amides is 3. The summed E-state index contributed by atoms with van der Waals surface area (Å²) in [6.45, 7) is 1.87. The van der Waals surface area contributed by atoms with E-state index in [1.165, 1.54) is 0 Å². The van der Waals surface area contributed by atoms with E-state index in [2.05, 4.69) is 4.72 Å². The second kappa shape index (κ2) is 9.03. The summed E-state index contributed by atoms with van der Waals surface area (Å²) in [4.78, 5) is 26.9. The van der Waals surface area contributed by atoms with Gasteiger partial charge in [-0.25, -0.2) is 17.9 Å². The maximum atomic E-state index is 12.6. The Balaban J connectivity index is 1.47. The van der Waals surface area contributed by atoms with E-state index in [0.717, 1.165) is 24.3 Å². The van der Waals surface area contributed by atoms with Gasteiger partial charge in [-0.2, -0.15) is 13.2 Å². The van der Waals surface area contributed by atoms with Gasteiger partial charge in [0, 0.05) is 32.7 Å². The number of halogens is 3. The first kappa shape index (κ1) is 23.3. The fourth-order valence-electron chi connectivity index (χ4n) is 3.83. The molecule has 12 heteroatoms. The van der Waals surface area contributed by atoms with Crippen molar-refractivity contribution in [2.24, 2.45) is 17.6 Å². The molecule has 0 bridgehead atoms. The third kappa shape index (κ3) is 5.67. The maximum absolute atomic E-state index is 12.6. The molecule has 0 aliphatic carbocycles. The molecule has 3 amide bonds. The SMILES string of the molecule is NC(=O)[C@H]1CCN(C(=O)N2CCC(CNS(=O)(=O)c3ccc(C(F)(F)F)cc3)CC2)C1. The minimum Gasteiger partial charge on any atom is -0.369 e. The summed E-state index contributed by atoms with van der Waals surface area (Å²) in [5.41, 5.74) is 4.38. The zero-order valence-electron chi connectivity index (χ0n) is 16.8. The number of rotatable bonds is 5. The van der Waals surface area contributed by atoms with Crippen LogP contribution in [0.15, 0.2) is 29.2 Å². The summed E-state index contributed by atoms with van der Waals surface area (Å²) in [5.74, 6) is -0.722. The number of hydrogen-bond donors (Lipinski definition) is 2. The lowest BCUT2D eigenvalue weighted by molar-refractivity contribution is -0.137. The normalized spacial score (nSPS) is 20.8. The van der Waals surface area contributed by atoms with Crippen LogP contribution in [0, 0.1) is 11.8 Å². The number of hydrogen-bond acceptors (Lipinski definition) is 4. The van der Waals surface area contributed by atoms with Gasteiger partial charge in [0.05, 0.1) is 16.4 Å². The van der Waals surface area contributed by atoms with E-state index in [9.17, 15) is 31.2 Å². The van der Waals surface area contributed by atoms with Gasteiger partial charge in [0.2, 0.25) is 15.9 Å². The van der Waals surface area contributed by atoms with E-state index >= 15 is 0 Å². The van der Waals surface area contributed by atoms with Crippen LogP contribution < -0.4 is 10.5 Å². The molecule has 172 valence electrons. The summed E-state index contributed by atoms with van der Waals surface area (Å²) in [6.07, 6.45) is -2.79. The number of urea groups is 1. The Hall–Kier alpha value is -2.34. The highest BCUT2D eigenvalue weighted by Gasteiger charge is 2.34. The van der Waals surface area contributed by atoms with E-state index in [1.807, 2.05) is 0 Å². The Labute approximate surface area is 178 Å². The zero-order chi connectivity index (χ0) is 22.8. The van der Waals surface area contributed by atoms with E-state index in [-0.39, 0.29) is 29.3 Å². The number of nitrogens with two attached hydrogens (primary N) is 1. The number of sulfonamides is 1. The molecule has 3 rings (SSSR count). The smallest absolute Gasteiger partial charge is 0.369 e. The lowest BCUT2D eigenvalue weighted by atomic mass is 9.97. The fraction of sp³-hybridized carbons (Fsp3) is 0.579. The van der Waals surface area contributed by atoms with E-state index in [0.29, 0.717) is 45.4 Å². The lowest BCUT2D eigenvalue weighted by Crippen LogP contribution is -2.47. The summed E-state index contributed by atoms with van der Waals surface area (Å²) in [6, 6.07) is 3.19. The molecule has 2 aliphatic rings. The number of carbonyl (C=O) groups is 2. The molecule has 8 nitrogen and oxygen atoms in total. The Morgan fingerprint density at radius 1 is 1.03 bits per heavy atom. The minimum absolute atomic E-state index is 0.00483. The number of piperidine rings is 1. The second-order valence-electron chi connectivity index (χ2n) is 7.92. The molecular formula is C19H25F3N4O4S. The lowest BCUT2D eigenvalue weighted by Gasteiger charge is -2.34. The van der Waals surface area contributed by atoms with Crippen LogP contribution in [0.3, 0.4) is 0 Å². The first-order chi connectivity index (χ1) is 14.5. The summed E-state index contributed by atoms with van der Waals surface area (Å²) < 4.78 is 65.1. The third-order valence-electron chi connectivity index (χ3n) is 5.80. The quantitative estimate of drug-likeness (QED) is 0.692. The van der Waals surface area contributed by atoms with Crippen molar-refractivity contribution < 1.29 is 31.2 Å². The van der Waals surface area contributed by atoms with Gasteiger partial charge in [-0.05, 0) is 49.4 Å². The topological polar surface area (TPSA) is 113 Å². The van der Waals surface area contributed by atoms with Gasteiger partial charge in [0.1, 0.15) is 0 Å². The molecule has 2 aliphatic heterocycles. The number of likely N-dealkylation sites (tertiary alicyclic amines) is 2. The fourth-order valence-corrected chi connectivity index (χ4v) is 4.94. The van der Waals surface area contributed by atoms with Gasteiger partial charge in [-0.3, -0.25) is 4.79 Å². The molecule has 1 aromatic rings. The van der Waals surface area contributed by atoms with Gasteiger partial charge in [-0.1, -0.05) is 0 Å². The van der Waals surface area contributed by atoms with Gasteiger partial charge in [0.25, 0.3) is 0 Å². The maximum Gasteiger partial charge on any atom is 0.416 e. The number of alkyl halides is 3. The van der Waals surface area contributed by atoms with Crippen LogP contribution in [-0.4, -0.2) is 62.9 Å². The highest BCUT2D eigenvalue weighted by atomic mass is 32.2. The highest BCUT2D eigenvalue weighted by molar-refractivity contribution is 7.89. The van der Waals surface area contributed by atoms with Crippen molar-refractivity contribution in [3.05, 3.63) is 29.8 Å². The molecule has 1 atom stereocenters.